The van der Waals surface area contributed by atoms with Gasteiger partial charge in [-0.2, -0.15) is 0 Å². The van der Waals surface area contributed by atoms with Crippen molar-refractivity contribution in [1.29, 1.82) is 0 Å². The van der Waals surface area contributed by atoms with E-state index in [1.807, 2.05) is 78.6 Å². The molecule has 1 aliphatic rings. The summed E-state index contributed by atoms with van der Waals surface area (Å²) in [7, 11) is 0. The highest BCUT2D eigenvalue weighted by molar-refractivity contribution is 5.82. The summed E-state index contributed by atoms with van der Waals surface area (Å²) in [6, 6.07) is 26.2. The van der Waals surface area contributed by atoms with Crippen molar-refractivity contribution in [3.8, 4) is 0 Å². The Morgan fingerprint density at radius 2 is 1.36 bits per heavy atom. The molecule has 1 unspecified atom stereocenters. The van der Waals surface area contributed by atoms with Crippen LogP contribution in [0.4, 0.5) is 11.4 Å². The molecule has 4 rings (SSSR count). The van der Waals surface area contributed by atoms with Gasteiger partial charge in [-0.05, 0) is 24.1 Å². The molecule has 33 heavy (non-hydrogen) atoms. The highest BCUT2D eigenvalue weighted by Crippen LogP contribution is 2.29. The highest BCUT2D eigenvalue weighted by Gasteiger charge is 2.29. The number of nitrogens with zero attached hydrogens (tertiary/aromatic N) is 3. The van der Waals surface area contributed by atoms with Gasteiger partial charge in [-0.3, -0.25) is 19.8 Å². The molecule has 1 saturated heterocycles. The largest absolute Gasteiger partial charge is 0.363 e. The zero-order chi connectivity index (χ0) is 23.2. The van der Waals surface area contributed by atoms with Crippen LogP contribution in [0.2, 0.25) is 0 Å². The van der Waals surface area contributed by atoms with Gasteiger partial charge in [0.1, 0.15) is 5.69 Å². The van der Waals surface area contributed by atoms with Crippen molar-refractivity contribution in [1.82, 2.24) is 10.2 Å². The lowest BCUT2D eigenvalue weighted by Gasteiger charge is -2.38. The van der Waals surface area contributed by atoms with E-state index < -0.39 is 0 Å². The normalized spacial score (nSPS) is 15.3. The molecule has 7 nitrogen and oxygen atoms in total. The number of anilines is 1. The van der Waals surface area contributed by atoms with E-state index in [-0.39, 0.29) is 28.6 Å². The van der Waals surface area contributed by atoms with Crippen LogP contribution >= 0.6 is 0 Å². The fraction of sp³-hybridized carbons (Fsp3) is 0.269. The van der Waals surface area contributed by atoms with Crippen LogP contribution in [0.3, 0.4) is 0 Å². The first-order valence-corrected chi connectivity index (χ1v) is 11.2. The van der Waals surface area contributed by atoms with Crippen LogP contribution in [0.15, 0.2) is 84.9 Å². The molecule has 1 fully saturated rings. The first-order valence-electron chi connectivity index (χ1n) is 11.2. The number of rotatable bonds is 7. The molecule has 0 spiro atoms. The molecule has 0 bridgehead atoms. The fourth-order valence-corrected chi connectivity index (χ4v) is 4.31. The monoisotopic (exact) mass is 444 g/mol. The van der Waals surface area contributed by atoms with E-state index >= 15 is 0 Å². The molecule has 170 valence electrons. The van der Waals surface area contributed by atoms with Crippen molar-refractivity contribution < 1.29 is 9.72 Å². The van der Waals surface area contributed by atoms with Crippen LogP contribution in [0, 0.1) is 10.1 Å². The Balaban J connectivity index is 1.43. The van der Waals surface area contributed by atoms with Crippen molar-refractivity contribution in [2.24, 2.45) is 0 Å². The maximum Gasteiger partial charge on any atom is 0.292 e. The van der Waals surface area contributed by atoms with Crippen molar-refractivity contribution in [3.05, 3.63) is 106 Å². The number of nitro benzene ring substituents is 1. The van der Waals surface area contributed by atoms with E-state index in [1.165, 1.54) is 6.07 Å². The number of nitro groups is 1. The summed E-state index contributed by atoms with van der Waals surface area (Å²) in [5.41, 5.74) is 2.81. The van der Waals surface area contributed by atoms with E-state index in [0.717, 1.165) is 11.1 Å². The zero-order valence-electron chi connectivity index (χ0n) is 18.6. The predicted molar refractivity (Wildman–Crippen MR) is 129 cm³/mol. The Morgan fingerprint density at radius 3 is 1.91 bits per heavy atom. The van der Waals surface area contributed by atoms with Gasteiger partial charge in [-0.25, -0.2) is 0 Å². The van der Waals surface area contributed by atoms with Crippen molar-refractivity contribution in [2.45, 2.75) is 19.0 Å². The Morgan fingerprint density at radius 1 is 0.848 bits per heavy atom. The molecule has 1 heterocycles. The Labute approximate surface area is 193 Å². The minimum absolute atomic E-state index is 0.0353. The maximum absolute atomic E-state index is 13.2. The van der Waals surface area contributed by atoms with Gasteiger partial charge in [0, 0.05) is 32.2 Å². The Hall–Kier alpha value is -3.71. The number of carbonyl (C=O) groups excluding carboxylic acids is 1. The summed E-state index contributed by atoms with van der Waals surface area (Å²) in [5.74, 6) is -0.0353. The minimum Gasteiger partial charge on any atom is -0.363 e. The fourth-order valence-electron chi connectivity index (χ4n) is 4.31. The van der Waals surface area contributed by atoms with Crippen molar-refractivity contribution in [3.63, 3.8) is 0 Å². The quantitative estimate of drug-likeness (QED) is 0.440. The van der Waals surface area contributed by atoms with Gasteiger partial charge in [0.15, 0.2) is 0 Å². The highest BCUT2D eigenvalue weighted by atomic mass is 16.6. The number of benzene rings is 3. The van der Waals surface area contributed by atoms with Crippen LogP contribution in [0.25, 0.3) is 0 Å². The maximum atomic E-state index is 13.2. The molecule has 0 aliphatic carbocycles. The first kappa shape index (κ1) is 22.5. The molecule has 1 N–H and O–H groups in total. The molecule has 0 radical (unpaired) electrons. The lowest BCUT2D eigenvalue weighted by molar-refractivity contribution is -0.384. The number of hydrogen-bond donors (Lipinski definition) is 1. The molecule has 3 aromatic rings. The topological polar surface area (TPSA) is 78.7 Å². The van der Waals surface area contributed by atoms with Gasteiger partial charge < -0.3 is 10.2 Å². The van der Waals surface area contributed by atoms with Crippen molar-refractivity contribution >= 4 is 17.3 Å². The summed E-state index contributed by atoms with van der Waals surface area (Å²) in [6.07, 6.45) is 0. The Kier molecular flexibility index (Phi) is 7.00. The van der Waals surface area contributed by atoms with Gasteiger partial charge in [-0.15, -0.1) is 0 Å². The average molecular weight is 445 g/mol. The second-order valence-corrected chi connectivity index (χ2v) is 8.21. The number of carbonyl (C=O) groups is 1. The molecule has 1 aliphatic heterocycles. The molecule has 1 amide bonds. The van der Waals surface area contributed by atoms with E-state index in [2.05, 4.69) is 10.2 Å². The molecular weight excluding hydrogens is 416 g/mol. The molecule has 0 saturated carbocycles. The third kappa shape index (κ3) is 5.21. The summed E-state index contributed by atoms with van der Waals surface area (Å²) in [6.45, 7) is 4.49. The minimum atomic E-state index is -0.342. The van der Waals surface area contributed by atoms with Crippen LogP contribution in [0.5, 0.6) is 0 Å². The second-order valence-electron chi connectivity index (χ2n) is 8.21. The first-order chi connectivity index (χ1) is 16.0. The summed E-state index contributed by atoms with van der Waals surface area (Å²) < 4.78 is 0. The summed E-state index contributed by atoms with van der Waals surface area (Å²) >= 11 is 0. The number of amides is 1. The smallest absolute Gasteiger partial charge is 0.292 e. The SMILES string of the molecule is CC(C(=O)NC(c1ccccc1)c1ccccc1)N1CCN(c2ccccc2[N+](=O)[O-])CC1. The molecule has 3 aromatic carbocycles. The molecule has 1 atom stereocenters. The second kappa shape index (κ2) is 10.3. The van der Waals surface area contributed by atoms with Crippen LogP contribution in [-0.4, -0.2) is 48.0 Å². The molecule has 0 aromatic heterocycles. The van der Waals surface area contributed by atoms with Gasteiger partial charge in [0.2, 0.25) is 5.91 Å². The van der Waals surface area contributed by atoms with Crippen LogP contribution in [-0.2, 0) is 4.79 Å². The number of piperazine rings is 1. The third-order valence-electron chi connectivity index (χ3n) is 6.21. The number of para-hydroxylation sites is 2. The Bertz CT molecular complexity index is 1040. The van der Waals surface area contributed by atoms with Crippen LogP contribution < -0.4 is 10.2 Å². The van der Waals surface area contributed by atoms with E-state index in [9.17, 15) is 14.9 Å². The number of nitrogens with one attached hydrogen (secondary N) is 1. The zero-order valence-corrected chi connectivity index (χ0v) is 18.6. The van der Waals surface area contributed by atoms with E-state index in [0.29, 0.717) is 31.9 Å². The number of hydrogen-bond acceptors (Lipinski definition) is 5. The van der Waals surface area contributed by atoms with E-state index in [1.54, 1.807) is 12.1 Å². The molecule has 7 heteroatoms. The standard InChI is InChI=1S/C26H28N4O3/c1-20(28-16-18-29(19-17-28)23-14-8-9-15-24(23)30(32)33)26(31)27-25(21-10-4-2-5-11-21)22-12-6-3-7-13-22/h2-15,20,25H,16-19H2,1H3,(H,27,31). The van der Waals surface area contributed by atoms with Gasteiger partial charge in [0.05, 0.1) is 17.0 Å². The van der Waals surface area contributed by atoms with Crippen LogP contribution in [0.1, 0.15) is 24.1 Å². The predicted octanol–water partition coefficient (Wildman–Crippen LogP) is 4.01. The lowest BCUT2D eigenvalue weighted by atomic mass is 9.98. The van der Waals surface area contributed by atoms with Crippen molar-refractivity contribution in [2.75, 3.05) is 31.1 Å². The third-order valence-corrected chi connectivity index (χ3v) is 6.21. The van der Waals surface area contributed by atoms with E-state index in [4.69, 9.17) is 0 Å². The van der Waals surface area contributed by atoms with Gasteiger partial charge >= 0.3 is 0 Å². The van der Waals surface area contributed by atoms with Gasteiger partial charge in [0.25, 0.3) is 5.69 Å². The summed E-state index contributed by atoms with van der Waals surface area (Å²) in [5, 5.41) is 14.6. The lowest BCUT2D eigenvalue weighted by Crippen LogP contribution is -2.54. The van der Waals surface area contributed by atoms with Gasteiger partial charge in [-0.1, -0.05) is 72.8 Å². The summed E-state index contributed by atoms with van der Waals surface area (Å²) in [4.78, 5) is 28.4. The average Bonchev–Trinajstić information content (AvgIpc) is 2.87. The molecular formula is C26H28N4O3.